The first kappa shape index (κ1) is 13.6. The van der Waals surface area contributed by atoms with Gasteiger partial charge in [-0.25, -0.2) is 9.78 Å². The molecule has 2 rings (SSSR count). The lowest BCUT2D eigenvalue weighted by molar-refractivity contribution is 0.0701. The van der Waals surface area contributed by atoms with Gasteiger partial charge in [-0.15, -0.1) is 11.3 Å². The second kappa shape index (κ2) is 5.86. The molecule has 0 unspecified atom stereocenters. The van der Waals surface area contributed by atoms with Crippen LogP contribution in [0.25, 0.3) is 0 Å². The van der Waals surface area contributed by atoms with E-state index in [0.717, 1.165) is 14.6 Å². The highest BCUT2D eigenvalue weighted by Gasteiger charge is 2.14. The lowest BCUT2D eigenvalue weighted by atomic mass is 10.2. The first-order valence-corrected chi connectivity index (χ1v) is 7.73. The molecular formula is C12H10BrNO2S2. The molecule has 0 fully saturated rings. The molecule has 0 amide bonds. The third kappa shape index (κ3) is 3.34. The molecule has 0 atom stereocenters. The van der Waals surface area contributed by atoms with Crippen molar-refractivity contribution in [3.8, 4) is 0 Å². The molecule has 18 heavy (non-hydrogen) atoms. The number of carbonyl (C=O) groups is 1. The molecule has 0 saturated carbocycles. The van der Waals surface area contributed by atoms with Crippen LogP contribution in [0.4, 0.5) is 0 Å². The minimum Gasteiger partial charge on any atom is -0.477 e. The van der Waals surface area contributed by atoms with Gasteiger partial charge in [0.05, 0.1) is 5.69 Å². The molecule has 1 N–H and O–H groups in total. The smallest absolute Gasteiger partial charge is 0.347 e. The van der Waals surface area contributed by atoms with E-state index < -0.39 is 5.97 Å². The highest BCUT2D eigenvalue weighted by Crippen LogP contribution is 2.30. The van der Waals surface area contributed by atoms with Crippen LogP contribution in [-0.4, -0.2) is 16.1 Å². The molecule has 1 heterocycles. The predicted molar refractivity (Wildman–Crippen MR) is 77.5 cm³/mol. The standard InChI is InChI=1S/C12H10BrNO2S2/c1-7-10(11(15)16)18-12(14-7)17-6-8-3-2-4-9(13)5-8/h2-5H,6H2,1H3,(H,15,16). The van der Waals surface area contributed by atoms with E-state index in [1.54, 1.807) is 18.7 Å². The number of rotatable bonds is 4. The van der Waals surface area contributed by atoms with Crippen molar-refractivity contribution in [3.63, 3.8) is 0 Å². The summed E-state index contributed by atoms with van der Waals surface area (Å²) in [5, 5.41) is 8.96. The van der Waals surface area contributed by atoms with Gasteiger partial charge in [-0.3, -0.25) is 0 Å². The summed E-state index contributed by atoms with van der Waals surface area (Å²) in [6.07, 6.45) is 0. The van der Waals surface area contributed by atoms with Crippen molar-refractivity contribution < 1.29 is 9.90 Å². The monoisotopic (exact) mass is 343 g/mol. The minimum atomic E-state index is -0.903. The Bertz CT molecular complexity index is 583. The first-order valence-electron chi connectivity index (χ1n) is 5.14. The summed E-state index contributed by atoms with van der Waals surface area (Å²) in [4.78, 5) is 15.5. The summed E-state index contributed by atoms with van der Waals surface area (Å²) in [6, 6.07) is 8.04. The Kier molecular flexibility index (Phi) is 4.42. The summed E-state index contributed by atoms with van der Waals surface area (Å²) in [6.45, 7) is 1.73. The van der Waals surface area contributed by atoms with E-state index >= 15 is 0 Å². The van der Waals surface area contributed by atoms with Crippen molar-refractivity contribution in [2.45, 2.75) is 17.0 Å². The van der Waals surface area contributed by atoms with Crippen LogP contribution in [0.15, 0.2) is 33.1 Å². The maximum atomic E-state index is 10.9. The fourth-order valence-electron chi connectivity index (χ4n) is 1.40. The number of aromatic nitrogens is 1. The Labute approximate surface area is 121 Å². The normalized spacial score (nSPS) is 10.6. The number of thiazole rings is 1. The number of hydrogen-bond acceptors (Lipinski definition) is 4. The van der Waals surface area contributed by atoms with E-state index in [2.05, 4.69) is 20.9 Å². The van der Waals surface area contributed by atoms with E-state index in [0.29, 0.717) is 10.6 Å². The highest BCUT2D eigenvalue weighted by atomic mass is 79.9. The highest BCUT2D eigenvalue weighted by molar-refractivity contribution is 9.10. The van der Waals surface area contributed by atoms with Gasteiger partial charge in [0.15, 0.2) is 4.34 Å². The lowest BCUT2D eigenvalue weighted by Crippen LogP contribution is -1.94. The van der Waals surface area contributed by atoms with Crippen LogP contribution >= 0.6 is 39.0 Å². The van der Waals surface area contributed by atoms with Gasteiger partial charge in [-0.05, 0) is 24.6 Å². The molecule has 0 aliphatic heterocycles. The molecule has 0 spiro atoms. The van der Waals surface area contributed by atoms with E-state index in [1.807, 2.05) is 24.3 Å². The molecule has 0 saturated heterocycles. The zero-order valence-electron chi connectivity index (χ0n) is 9.51. The Hall–Kier alpha value is -0.850. The lowest BCUT2D eigenvalue weighted by Gasteiger charge is -1.99. The Morgan fingerprint density at radius 2 is 2.33 bits per heavy atom. The molecule has 1 aromatic heterocycles. The van der Waals surface area contributed by atoms with Gasteiger partial charge in [0.2, 0.25) is 0 Å². The van der Waals surface area contributed by atoms with E-state index in [1.165, 1.54) is 16.9 Å². The van der Waals surface area contributed by atoms with Gasteiger partial charge < -0.3 is 5.11 Å². The van der Waals surface area contributed by atoms with Crippen molar-refractivity contribution in [2.75, 3.05) is 0 Å². The molecular weight excluding hydrogens is 334 g/mol. The second-order valence-corrected chi connectivity index (χ2v) is 6.76. The van der Waals surface area contributed by atoms with Crippen LogP contribution in [0, 0.1) is 6.92 Å². The summed E-state index contributed by atoms with van der Waals surface area (Å²) in [7, 11) is 0. The molecule has 6 heteroatoms. The van der Waals surface area contributed by atoms with Crippen molar-refractivity contribution in [1.82, 2.24) is 4.98 Å². The van der Waals surface area contributed by atoms with E-state index in [9.17, 15) is 4.79 Å². The molecule has 1 aromatic carbocycles. The number of benzene rings is 1. The number of carboxylic acid groups (broad SMARTS) is 1. The average molecular weight is 344 g/mol. The van der Waals surface area contributed by atoms with Crippen LogP contribution in [0.5, 0.6) is 0 Å². The van der Waals surface area contributed by atoms with Gasteiger partial charge in [-0.1, -0.05) is 39.8 Å². The summed E-state index contributed by atoms with van der Waals surface area (Å²) in [5.41, 5.74) is 1.77. The molecule has 0 aliphatic rings. The third-order valence-corrected chi connectivity index (χ3v) is 5.08. The minimum absolute atomic E-state index is 0.326. The SMILES string of the molecule is Cc1nc(SCc2cccc(Br)c2)sc1C(=O)O. The quantitative estimate of drug-likeness (QED) is 0.845. The van der Waals surface area contributed by atoms with Crippen LogP contribution in [0.1, 0.15) is 20.9 Å². The topological polar surface area (TPSA) is 50.2 Å². The van der Waals surface area contributed by atoms with Crippen LogP contribution in [0.2, 0.25) is 0 Å². The Morgan fingerprint density at radius 1 is 1.56 bits per heavy atom. The molecule has 2 aromatic rings. The Balaban J connectivity index is 2.06. The fraction of sp³-hybridized carbons (Fsp3) is 0.167. The average Bonchev–Trinajstić information content (AvgIpc) is 2.68. The van der Waals surface area contributed by atoms with Crippen molar-refractivity contribution in [1.29, 1.82) is 0 Å². The van der Waals surface area contributed by atoms with Gasteiger partial charge in [0.25, 0.3) is 0 Å². The van der Waals surface area contributed by atoms with Crippen LogP contribution in [0.3, 0.4) is 0 Å². The van der Waals surface area contributed by atoms with Gasteiger partial charge in [-0.2, -0.15) is 0 Å². The van der Waals surface area contributed by atoms with Gasteiger partial charge in [0.1, 0.15) is 4.88 Å². The number of aromatic carboxylic acids is 1. The fourth-order valence-corrected chi connectivity index (χ4v) is 3.82. The van der Waals surface area contributed by atoms with Gasteiger partial charge >= 0.3 is 5.97 Å². The van der Waals surface area contributed by atoms with Crippen molar-refractivity contribution in [2.24, 2.45) is 0 Å². The number of carboxylic acids is 1. The van der Waals surface area contributed by atoms with E-state index in [-0.39, 0.29) is 0 Å². The molecule has 0 radical (unpaired) electrons. The number of thioether (sulfide) groups is 1. The number of aryl methyl sites for hydroxylation is 1. The maximum Gasteiger partial charge on any atom is 0.347 e. The molecule has 3 nitrogen and oxygen atoms in total. The third-order valence-electron chi connectivity index (χ3n) is 2.22. The summed E-state index contributed by atoms with van der Waals surface area (Å²) >= 11 is 6.21. The molecule has 94 valence electrons. The van der Waals surface area contributed by atoms with Crippen LogP contribution in [-0.2, 0) is 5.75 Å². The Morgan fingerprint density at radius 3 is 2.94 bits per heavy atom. The maximum absolute atomic E-state index is 10.9. The van der Waals surface area contributed by atoms with Gasteiger partial charge in [0, 0.05) is 10.2 Å². The second-order valence-electron chi connectivity index (χ2n) is 3.62. The molecule has 0 aliphatic carbocycles. The number of nitrogens with zero attached hydrogens (tertiary/aromatic N) is 1. The summed E-state index contributed by atoms with van der Waals surface area (Å²) in [5.74, 6) is -0.120. The van der Waals surface area contributed by atoms with E-state index in [4.69, 9.17) is 5.11 Å². The zero-order valence-corrected chi connectivity index (χ0v) is 12.7. The van der Waals surface area contributed by atoms with Crippen molar-refractivity contribution in [3.05, 3.63) is 44.9 Å². The van der Waals surface area contributed by atoms with Crippen molar-refractivity contribution >= 4 is 45.0 Å². The number of hydrogen-bond donors (Lipinski definition) is 1. The summed E-state index contributed by atoms with van der Waals surface area (Å²) < 4.78 is 1.84. The first-order chi connectivity index (χ1) is 8.56. The number of halogens is 1. The van der Waals surface area contributed by atoms with Crippen LogP contribution < -0.4 is 0 Å². The predicted octanol–water partition coefficient (Wildman–Crippen LogP) is 4.20. The largest absolute Gasteiger partial charge is 0.477 e. The zero-order chi connectivity index (χ0) is 13.1. The molecule has 0 bridgehead atoms.